The Hall–Kier alpha value is -2.09. The van der Waals surface area contributed by atoms with E-state index in [1.807, 2.05) is 48.9 Å². The highest BCUT2D eigenvalue weighted by atomic mass is 35.5. The summed E-state index contributed by atoms with van der Waals surface area (Å²) >= 11 is 11.5. The molecule has 0 fully saturated rings. The monoisotopic (exact) mass is 392 g/mol. The maximum atomic E-state index is 5.96. The van der Waals surface area contributed by atoms with Crippen LogP contribution >= 0.6 is 23.8 Å². The van der Waals surface area contributed by atoms with Crippen molar-refractivity contribution in [2.75, 3.05) is 20.2 Å². The molecule has 0 aliphatic rings. The molecule has 0 saturated carbocycles. The van der Waals surface area contributed by atoms with Crippen LogP contribution in [0.2, 0.25) is 5.02 Å². The Morgan fingerprint density at radius 2 is 2.15 bits per heavy atom. The van der Waals surface area contributed by atoms with E-state index in [9.17, 15) is 0 Å². The molecular formula is C18H21ClN4O2S. The number of likely N-dealkylation sites (N-methyl/N-ethyl adjacent to an activating group) is 1. The Morgan fingerprint density at radius 1 is 1.31 bits per heavy atom. The van der Waals surface area contributed by atoms with E-state index in [2.05, 4.69) is 10.00 Å². The Labute approximate surface area is 162 Å². The van der Waals surface area contributed by atoms with Crippen molar-refractivity contribution in [2.24, 2.45) is 0 Å². The number of ether oxygens (including phenoxy) is 1. The highest BCUT2D eigenvalue weighted by Crippen LogP contribution is 2.19. The minimum Gasteiger partial charge on any atom is -0.492 e. The van der Waals surface area contributed by atoms with Crippen LogP contribution < -0.4 is 4.74 Å². The molecule has 0 spiro atoms. The van der Waals surface area contributed by atoms with Crippen molar-refractivity contribution in [3.63, 3.8) is 0 Å². The smallest absolute Gasteiger partial charge is 0.199 e. The van der Waals surface area contributed by atoms with E-state index >= 15 is 0 Å². The minimum absolute atomic E-state index is 0.545. The maximum absolute atomic E-state index is 5.96. The van der Waals surface area contributed by atoms with Crippen LogP contribution in [-0.2, 0) is 13.2 Å². The van der Waals surface area contributed by atoms with Gasteiger partial charge in [0.2, 0.25) is 0 Å². The zero-order valence-electron chi connectivity index (χ0n) is 14.8. The quantitative estimate of drug-likeness (QED) is 0.534. The van der Waals surface area contributed by atoms with Crippen LogP contribution in [0.3, 0.4) is 0 Å². The van der Waals surface area contributed by atoms with Crippen molar-refractivity contribution in [1.29, 1.82) is 0 Å². The second-order valence-electron chi connectivity index (χ2n) is 5.85. The van der Waals surface area contributed by atoms with Gasteiger partial charge in [0, 0.05) is 18.1 Å². The summed E-state index contributed by atoms with van der Waals surface area (Å²) in [7, 11) is 2.00. The summed E-state index contributed by atoms with van der Waals surface area (Å²) in [5.41, 5.74) is 0. The van der Waals surface area contributed by atoms with E-state index < -0.39 is 0 Å². The lowest BCUT2D eigenvalue weighted by molar-refractivity contribution is 0.197. The summed E-state index contributed by atoms with van der Waals surface area (Å²) in [5.74, 6) is 2.22. The highest BCUT2D eigenvalue weighted by molar-refractivity contribution is 7.71. The fourth-order valence-corrected chi connectivity index (χ4v) is 3.08. The topological polar surface area (TPSA) is 48.4 Å². The zero-order valence-corrected chi connectivity index (χ0v) is 16.3. The predicted octanol–water partition coefficient (Wildman–Crippen LogP) is 4.32. The number of furan rings is 1. The number of aromatic nitrogens is 3. The fourth-order valence-electron chi connectivity index (χ4n) is 2.58. The molecule has 0 N–H and O–H groups in total. The lowest BCUT2D eigenvalue weighted by Crippen LogP contribution is -2.27. The van der Waals surface area contributed by atoms with Gasteiger partial charge < -0.3 is 9.15 Å². The Bertz CT molecular complexity index is 904. The Balaban J connectivity index is 1.62. The van der Waals surface area contributed by atoms with Gasteiger partial charge in [-0.15, -0.1) is 5.10 Å². The van der Waals surface area contributed by atoms with Gasteiger partial charge in [0.05, 0.1) is 12.9 Å². The van der Waals surface area contributed by atoms with E-state index in [4.69, 9.17) is 33.0 Å². The molecule has 3 aromatic rings. The van der Waals surface area contributed by atoms with Gasteiger partial charge in [0.15, 0.2) is 16.4 Å². The summed E-state index contributed by atoms with van der Waals surface area (Å²) < 4.78 is 15.6. The number of halogens is 1. The molecule has 0 unspecified atom stereocenters. The molecule has 26 heavy (non-hydrogen) atoms. The van der Waals surface area contributed by atoms with Crippen LogP contribution in [0, 0.1) is 4.77 Å². The summed E-state index contributed by atoms with van der Waals surface area (Å²) in [6, 6.07) is 11.1. The van der Waals surface area contributed by atoms with Crippen LogP contribution in [0.1, 0.15) is 6.92 Å². The number of hydrogen-bond acceptors (Lipinski definition) is 5. The molecule has 2 heterocycles. The van der Waals surface area contributed by atoms with E-state index in [1.54, 1.807) is 17.0 Å². The second-order valence-corrected chi connectivity index (χ2v) is 6.66. The van der Waals surface area contributed by atoms with E-state index in [0.717, 1.165) is 24.7 Å². The Kier molecular flexibility index (Phi) is 6.13. The lowest BCUT2D eigenvalue weighted by Gasteiger charge is -2.16. The summed E-state index contributed by atoms with van der Waals surface area (Å²) in [6.45, 7) is 4.61. The van der Waals surface area contributed by atoms with E-state index in [0.29, 0.717) is 28.8 Å². The molecule has 138 valence electrons. The van der Waals surface area contributed by atoms with Crippen LogP contribution in [0.15, 0.2) is 47.1 Å². The molecule has 0 atom stereocenters. The third-order valence-corrected chi connectivity index (χ3v) is 4.56. The van der Waals surface area contributed by atoms with E-state index in [-0.39, 0.29) is 0 Å². The maximum Gasteiger partial charge on any atom is 0.199 e. The van der Waals surface area contributed by atoms with Gasteiger partial charge in [-0.2, -0.15) is 0 Å². The first-order valence-electron chi connectivity index (χ1n) is 8.37. The number of hydrogen-bond donors (Lipinski definition) is 0. The lowest BCUT2D eigenvalue weighted by atomic mass is 10.3. The summed E-state index contributed by atoms with van der Waals surface area (Å²) in [4.78, 5) is 2.10. The van der Waals surface area contributed by atoms with Crippen LogP contribution in [0.4, 0.5) is 0 Å². The van der Waals surface area contributed by atoms with Crippen molar-refractivity contribution in [3.8, 4) is 17.3 Å². The van der Waals surface area contributed by atoms with Crippen LogP contribution in [0.25, 0.3) is 11.6 Å². The van der Waals surface area contributed by atoms with Gasteiger partial charge in [-0.1, -0.05) is 17.7 Å². The largest absolute Gasteiger partial charge is 0.492 e. The molecular weight excluding hydrogens is 372 g/mol. The standard InChI is InChI=1S/C18H21ClN4O2S/c1-3-22-17(16-8-5-10-25-16)20-23(18(22)26)13-21(2)9-11-24-15-7-4-6-14(19)12-15/h4-8,10,12H,3,9,11,13H2,1-2H3. The van der Waals surface area contributed by atoms with Crippen LogP contribution in [-0.4, -0.2) is 39.4 Å². The fraction of sp³-hybridized carbons (Fsp3) is 0.333. The second kappa shape index (κ2) is 8.53. The van der Waals surface area contributed by atoms with Crippen LogP contribution in [0.5, 0.6) is 5.75 Å². The average Bonchev–Trinajstić information content (AvgIpc) is 3.24. The molecule has 6 nitrogen and oxygen atoms in total. The molecule has 1 aromatic carbocycles. The normalized spacial score (nSPS) is 11.2. The first-order chi connectivity index (χ1) is 12.6. The molecule has 0 aliphatic heterocycles. The van der Waals surface area contributed by atoms with Crippen molar-refractivity contribution in [3.05, 3.63) is 52.5 Å². The summed E-state index contributed by atoms with van der Waals surface area (Å²) in [6.07, 6.45) is 1.64. The zero-order chi connectivity index (χ0) is 18.5. The molecule has 0 bridgehead atoms. The van der Waals surface area contributed by atoms with Crippen molar-refractivity contribution >= 4 is 23.8 Å². The molecule has 0 radical (unpaired) electrons. The molecule has 8 heteroatoms. The Morgan fingerprint density at radius 3 is 2.85 bits per heavy atom. The summed E-state index contributed by atoms with van der Waals surface area (Å²) in [5, 5.41) is 5.29. The van der Waals surface area contributed by atoms with Crippen molar-refractivity contribution in [1.82, 2.24) is 19.2 Å². The molecule has 0 saturated heterocycles. The van der Waals surface area contributed by atoms with Gasteiger partial charge in [-0.3, -0.25) is 9.47 Å². The molecule has 0 amide bonds. The highest BCUT2D eigenvalue weighted by Gasteiger charge is 2.14. The van der Waals surface area contributed by atoms with Gasteiger partial charge in [0.1, 0.15) is 12.4 Å². The van der Waals surface area contributed by atoms with E-state index in [1.165, 1.54) is 0 Å². The molecule has 2 aromatic heterocycles. The third-order valence-electron chi connectivity index (χ3n) is 3.89. The number of nitrogens with zero attached hydrogens (tertiary/aromatic N) is 4. The number of benzene rings is 1. The van der Waals surface area contributed by atoms with Crippen molar-refractivity contribution in [2.45, 2.75) is 20.1 Å². The molecule has 3 rings (SSSR count). The van der Waals surface area contributed by atoms with Gasteiger partial charge >= 0.3 is 0 Å². The average molecular weight is 393 g/mol. The molecule has 0 aliphatic carbocycles. The van der Waals surface area contributed by atoms with Gasteiger partial charge in [0.25, 0.3) is 0 Å². The third kappa shape index (κ3) is 4.35. The SMILES string of the molecule is CCn1c(-c2ccco2)nn(CN(C)CCOc2cccc(Cl)c2)c1=S. The van der Waals surface area contributed by atoms with Gasteiger partial charge in [-0.25, -0.2) is 4.68 Å². The first-order valence-corrected chi connectivity index (χ1v) is 9.15. The minimum atomic E-state index is 0.545. The number of rotatable bonds is 8. The first kappa shape index (κ1) is 18.7. The van der Waals surface area contributed by atoms with Gasteiger partial charge in [-0.05, 0) is 56.5 Å². The van der Waals surface area contributed by atoms with Crippen molar-refractivity contribution < 1.29 is 9.15 Å². The predicted molar refractivity (Wildman–Crippen MR) is 104 cm³/mol.